The molecule has 0 bridgehead atoms. The normalized spacial score (nSPS) is 12.2. The molecule has 30 heavy (non-hydrogen) atoms. The second-order valence-corrected chi connectivity index (χ2v) is 6.56. The van der Waals surface area contributed by atoms with Crippen molar-refractivity contribution in [1.29, 1.82) is 0 Å². The van der Waals surface area contributed by atoms with Gasteiger partial charge in [0.15, 0.2) is 0 Å². The first-order valence-electron chi connectivity index (χ1n) is 9.41. The van der Waals surface area contributed by atoms with Crippen molar-refractivity contribution in [2.75, 3.05) is 14.2 Å². The minimum absolute atomic E-state index is 0.0866. The molecule has 8 nitrogen and oxygen atoms in total. The molecule has 0 aliphatic rings. The fourth-order valence-corrected chi connectivity index (χ4v) is 2.64. The Morgan fingerprint density at radius 1 is 0.900 bits per heavy atom. The van der Waals surface area contributed by atoms with E-state index in [1.165, 1.54) is 14.0 Å². The maximum absolute atomic E-state index is 12.5. The summed E-state index contributed by atoms with van der Waals surface area (Å²) >= 11 is 0. The molecule has 0 radical (unpaired) electrons. The fraction of sp³-hybridized carbons (Fsp3) is 0.318. The monoisotopic (exact) mass is 414 g/mol. The van der Waals surface area contributed by atoms with Crippen LogP contribution in [-0.2, 0) is 32.1 Å². The number of hydrogen-bond acceptors (Lipinski definition) is 6. The van der Waals surface area contributed by atoms with Crippen LogP contribution in [0.4, 0.5) is 4.79 Å². The summed E-state index contributed by atoms with van der Waals surface area (Å²) in [5.41, 5.74) is 1.64. The highest BCUT2D eigenvalue weighted by atomic mass is 16.5. The lowest BCUT2D eigenvalue weighted by Crippen LogP contribution is -2.51. The summed E-state index contributed by atoms with van der Waals surface area (Å²) in [4.78, 5) is 36.5. The number of benzene rings is 2. The standard InChI is InChI=1S/C22H26N2O6/c1-15(23-22(27)30-14-17-7-5-4-6-8-17)20(25)24-19(21(26)29-3)13-16-9-11-18(28-2)12-10-16/h4-12,15,19H,13-14H2,1-3H3,(H,23,27)(H,24,25). The van der Waals surface area contributed by atoms with Crippen LogP contribution < -0.4 is 15.4 Å². The third-order valence-corrected chi connectivity index (χ3v) is 4.34. The van der Waals surface area contributed by atoms with Crippen LogP contribution >= 0.6 is 0 Å². The average Bonchev–Trinajstić information content (AvgIpc) is 2.77. The van der Waals surface area contributed by atoms with E-state index < -0.39 is 30.1 Å². The molecule has 2 atom stereocenters. The van der Waals surface area contributed by atoms with Gasteiger partial charge in [-0.1, -0.05) is 42.5 Å². The van der Waals surface area contributed by atoms with E-state index >= 15 is 0 Å². The second-order valence-electron chi connectivity index (χ2n) is 6.56. The predicted molar refractivity (Wildman–Crippen MR) is 110 cm³/mol. The van der Waals surface area contributed by atoms with Crippen LogP contribution in [0.1, 0.15) is 18.1 Å². The van der Waals surface area contributed by atoms with Crippen molar-refractivity contribution in [3.63, 3.8) is 0 Å². The van der Waals surface area contributed by atoms with E-state index in [0.29, 0.717) is 5.75 Å². The highest BCUT2D eigenvalue weighted by Gasteiger charge is 2.25. The minimum atomic E-state index is -0.906. The lowest BCUT2D eigenvalue weighted by molar-refractivity contribution is -0.145. The summed E-state index contributed by atoms with van der Waals surface area (Å²) in [5, 5.41) is 5.06. The maximum atomic E-state index is 12.5. The molecule has 2 amide bonds. The molecule has 2 unspecified atom stereocenters. The topological polar surface area (TPSA) is 103 Å². The summed E-state index contributed by atoms with van der Waals surface area (Å²) in [6.45, 7) is 1.59. The zero-order valence-electron chi connectivity index (χ0n) is 17.2. The molecule has 8 heteroatoms. The van der Waals surface area contributed by atoms with E-state index in [2.05, 4.69) is 10.6 Å². The molecule has 0 aliphatic carbocycles. The van der Waals surface area contributed by atoms with Crippen molar-refractivity contribution in [3.05, 3.63) is 65.7 Å². The molecular formula is C22H26N2O6. The Morgan fingerprint density at radius 2 is 1.57 bits per heavy atom. The van der Waals surface area contributed by atoms with E-state index in [-0.39, 0.29) is 13.0 Å². The maximum Gasteiger partial charge on any atom is 0.408 e. The molecular weight excluding hydrogens is 388 g/mol. The van der Waals surface area contributed by atoms with Crippen molar-refractivity contribution in [2.45, 2.75) is 32.0 Å². The molecule has 0 saturated carbocycles. The number of carbonyl (C=O) groups is 3. The van der Waals surface area contributed by atoms with Gasteiger partial charge < -0.3 is 24.8 Å². The molecule has 2 aromatic carbocycles. The van der Waals surface area contributed by atoms with Gasteiger partial charge in [0.1, 0.15) is 24.4 Å². The Kier molecular flexibility index (Phi) is 8.68. The smallest absolute Gasteiger partial charge is 0.408 e. The number of amides is 2. The molecule has 0 fully saturated rings. The fourth-order valence-electron chi connectivity index (χ4n) is 2.64. The van der Waals surface area contributed by atoms with Gasteiger partial charge in [0, 0.05) is 6.42 Å². The Labute approximate surface area is 175 Å². The van der Waals surface area contributed by atoms with E-state index in [1.54, 1.807) is 31.4 Å². The van der Waals surface area contributed by atoms with Crippen molar-refractivity contribution < 1.29 is 28.6 Å². The first-order valence-corrected chi connectivity index (χ1v) is 9.41. The minimum Gasteiger partial charge on any atom is -0.497 e. The lowest BCUT2D eigenvalue weighted by atomic mass is 10.1. The quantitative estimate of drug-likeness (QED) is 0.610. The Hall–Kier alpha value is -3.55. The van der Waals surface area contributed by atoms with Crippen LogP contribution in [0.25, 0.3) is 0 Å². The van der Waals surface area contributed by atoms with Crippen LogP contribution in [0.3, 0.4) is 0 Å². The van der Waals surface area contributed by atoms with E-state index in [4.69, 9.17) is 14.2 Å². The molecule has 0 aliphatic heterocycles. The summed E-state index contributed by atoms with van der Waals surface area (Å²) in [6.07, 6.45) is -0.501. The van der Waals surface area contributed by atoms with E-state index in [0.717, 1.165) is 11.1 Å². The first kappa shape index (κ1) is 22.7. The van der Waals surface area contributed by atoms with Crippen LogP contribution in [-0.4, -0.2) is 44.3 Å². The number of esters is 1. The third kappa shape index (κ3) is 7.12. The van der Waals surface area contributed by atoms with Gasteiger partial charge in [-0.3, -0.25) is 4.79 Å². The number of methoxy groups -OCH3 is 2. The number of nitrogens with one attached hydrogen (secondary N) is 2. The van der Waals surface area contributed by atoms with Gasteiger partial charge in [-0.05, 0) is 30.2 Å². The summed E-state index contributed by atoms with van der Waals surface area (Å²) in [7, 11) is 2.81. The molecule has 2 rings (SSSR count). The van der Waals surface area contributed by atoms with Gasteiger partial charge >= 0.3 is 12.1 Å². The van der Waals surface area contributed by atoms with Gasteiger partial charge in [-0.15, -0.1) is 0 Å². The zero-order chi connectivity index (χ0) is 21.9. The Balaban J connectivity index is 1.89. The average molecular weight is 414 g/mol. The van der Waals surface area contributed by atoms with Crippen molar-refractivity contribution in [2.24, 2.45) is 0 Å². The largest absolute Gasteiger partial charge is 0.497 e. The molecule has 0 spiro atoms. The van der Waals surface area contributed by atoms with Crippen LogP contribution in [0.15, 0.2) is 54.6 Å². The van der Waals surface area contributed by atoms with Gasteiger partial charge in [0.25, 0.3) is 0 Å². The van der Waals surface area contributed by atoms with Gasteiger partial charge in [-0.25, -0.2) is 9.59 Å². The van der Waals surface area contributed by atoms with Crippen molar-refractivity contribution in [1.82, 2.24) is 10.6 Å². The van der Waals surface area contributed by atoms with E-state index in [1.807, 2.05) is 30.3 Å². The molecule has 160 valence electrons. The highest BCUT2D eigenvalue weighted by molar-refractivity contribution is 5.89. The summed E-state index contributed by atoms with van der Waals surface area (Å²) < 4.78 is 15.0. The lowest BCUT2D eigenvalue weighted by Gasteiger charge is -2.20. The number of ether oxygens (including phenoxy) is 3. The Morgan fingerprint density at radius 3 is 2.17 bits per heavy atom. The number of alkyl carbamates (subject to hydrolysis) is 1. The van der Waals surface area contributed by atoms with Crippen molar-refractivity contribution >= 4 is 18.0 Å². The molecule has 0 saturated heterocycles. The molecule has 0 aromatic heterocycles. The van der Waals surface area contributed by atoms with Gasteiger partial charge in [0.05, 0.1) is 14.2 Å². The molecule has 2 N–H and O–H groups in total. The molecule has 2 aromatic rings. The van der Waals surface area contributed by atoms with Crippen molar-refractivity contribution in [3.8, 4) is 5.75 Å². The first-order chi connectivity index (χ1) is 14.4. The number of rotatable bonds is 9. The highest BCUT2D eigenvalue weighted by Crippen LogP contribution is 2.13. The number of carbonyl (C=O) groups excluding carboxylic acids is 3. The molecule has 0 heterocycles. The van der Waals surface area contributed by atoms with Crippen LogP contribution in [0, 0.1) is 0 Å². The number of hydrogen-bond donors (Lipinski definition) is 2. The predicted octanol–water partition coefficient (Wildman–Crippen LogP) is 2.21. The van der Waals surface area contributed by atoms with Crippen LogP contribution in [0.2, 0.25) is 0 Å². The second kappa shape index (κ2) is 11.5. The Bertz CT molecular complexity index is 838. The van der Waals surface area contributed by atoms with E-state index in [9.17, 15) is 14.4 Å². The summed E-state index contributed by atoms with van der Waals surface area (Å²) in [5.74, 6) is -0.433. The zero-order valence-corrected chi connectivity index (χ0v) is 17.2. The van der Waals surface area contributed by atoms with Gasteiger partial charge in [0.2, 0.25) is 5.91 Å². The summed E-state index contributed by atoms with van der Waals surface area (Å²) in [6, 6.07) is 14.5. The third-order valence-electron chi connectivity index (χ3n) is 4.34. The SMILES string of the molecule is COC(=O)C(Cc1ccc(OC)cc1)NC(=O)C(C)NC(=O)OCc1ccccc1. The van der Waals surface area contributed by atoms with Gasteiger partial charge in [-0.2, -0.15) is 0 Å². The van der Waals surface area contributed by atoms with Crippen LogP contribution in [0.5, 0.6) is 5.75 Å².